The Bertz CT molecular complexity index is 466. The Morgan fingerprint density at radius 3 is 2.53 bits per heavy atom. The summed E-state index contributed by atoms with van der Waals surface area (Å²) in [5.41, 5.74) is 0.335. The molecule has 0 aliphatic carbocycles. The molecule has 0 saturated heterocycles. The maximum absolute atomic E-state index is 11.0. The standard InChI is InChI=1S/C12H15NO4/c1-8-9(7-12(2,3)11(14)15)5-4-6-10(8)13(16)17/h4-6H,7H2,1-3H3,(H,14,15). The van der Waals surface area contributed by atoms with E-state index in [1.165, 1.54) is 6.07 Å². The summed E-state index contributed by atoms with van der Waals surface area (Å²) in [6, 6.07) is 4.73. The fourth-order valence-electron chi connectivity index (χ4n) is 1.61. The average Bonchev–Trinajstić information content (AvgIpc) is 2.20. The molecule has 0 aromatic heterocycles. The third kappa shape index (κ3) is 2.81. The van der Waals surface area contributed by atoms with Crippen molar-refractivity contribution in [3.05, 3.63) is 39.4 Å². The summed E-state index contributed by atoms with van der Waals surface area (Å²) >= 11 is 0. The highest BCUT2D eigenvalue weighted by Gasteiger charge is 2.29. The van der Waals surface area contributed by atoms with Gasteiger partial charge < -0.3 is 5.11 Å². The number of nitrogens with zero attached hydrogens (tertiary/aromatic N) is 1. The van der Waals surface area contributed by atoms with Gasteiger partial charge in [0.15, 0.2) is 0 Å². The highest BCUT2D eigenvalue weighted by atomic mass is 16.6. The van der Waals surface area contributed by atoms with Crippen LogP contribution in [0.1, 0.15) is 25.0 Å². The van der Waals surface area contributed by atoms with Crippen LogP contribution in [0.25, 0.3) is 0 Å². The number of carboxylic acids is 1. The zero-order valence-corrected chi connectivity index (χ0v) is 10.1. The fourth-order valence-corrected chi connectivity index (χ4v) is 1.61. The van der Waals surface area contributed by atoms with E-state index < -0.39 is 16.3 Å². The van der Waals surface area contributed by atoms with Crippen molar-refractivity contribution >= 4 is 11.7 Å². The van der Waals surface area contributed by atoms with Crippen molar-refractivity contribution in [1.29, 1.82) is 0 Å². The van der Waals surface area contributed by atoms with Crippen molar-refractivity contribution < 1.29 is 14.8 Å². The second kappa shape index (κ2) is 4.53. The first-order valence-electron chi connectivity index (χ1n) is 5.22. The maximum Gasteiger partial charge on any atom is 0.309 e. The lowest BCUT2D eigenvalue weighted by atomic mass is 9.84. The molecule has 5 nitrogen and oxygen atoms in total. The Labute approximate surface area is 99.2 Å². The summed E-state index contributed by atoms with van der Waals surface area (Å²) in [5, 5.41) is 19.8. The van der Waals surface area contributed by atoms with Gasteiger partial charge in [0.2, 0.25) is 0 Å². The van der Waals surface area contributed by atoms with Crippen LogP contribution in [0.5, 0.6) is 0 Å². The fraction of sp³-hybridized carbons (Fsp3) is 0.417. The van der Waals surface area contributed by atoms with Crippen LogP contribution in [0.15, 0.2) is 18.2 Å². The molecule has 0 heterocycles. The van der Waals surface area contributed by atoms with Gasteiger partial charge in [0.1, 0.15) is 0 Å². The van der Waals surface area contributed by atoms with Crippen molar-refractivity contribution in [1.82, 2.24) is 0 Å². The number of hydrogen-bond donors (Lipinski definition) is 1. The summed E-state index contributed by atoms with van der Waals surface area (Å²) in [6.45, 7) is 4.85. The Morgan fingerprint density at radius 2 is 2.06 bits per heavy atom. The van der Waals surface area contributed by atoms with Crippen molar-refractivity contribution in [2.45, 2.75) is 27.2 Å². The molecule has 0 unspecified atom stereocenters. The van der Waals surface area contributed by atoms with Gasteiger partial charge in [-0.15, -0.1) is 0 Å². The zero-order valence-electron chi connectivity index (χ0n) is 10.1. The van der Waals surface area contributed by atoms with Gasteiger partial charge in [-0.25, -0.2) is 0 Å². The van der Waals surface area contributed by atoms with E-state index >= 15 is 0 Å². The summed E-state index contributed by atoms with van der Waals surface area (Å²) < 4.78 is 0. The van der Waals surface area contributed by atoms with E-state index in [0.29, 0.717) is 11.1 Å². The third-order valence-corrected chi connectivity index (χ3v) is 2.83. The maximum atomic E-state index is 11.0. The first-order chi connectivity index (χ1) is 7.75. The van der Waals surface area contributed by atoms with E-state index in [4.69, 9.17) is 5.11 Å². The molecule has 0 aliphatic heterocycles. The molecule has 0 spiro atoms. The molecule has 0 radical (unpaired) electrons. The van der Waals surface area contributed by atoms with Gasteiger partial charge in [0.05, 0.1) is 10.3 Å². The quantitative estimate of drug-likeness (QED) is 0.644. The minimum Gasteiger partial charge on any atom is -0.481 e. The Hall–Kier alpha value is -1.91. The molecular weight excluding hydrogens is 222 g/mol. The number of nitro groups is 1. The average molecular weight is 237 g/mol. The van der Waals surface area contributed by atoms with E-state index in [-0.39, 0.29) is 12.1 Å². The Morgan fingerprint density at radius 1 is 1.47 bits per heavy atom. The first-order valence-corrected chi connectivity index (χ1v) is 5.22. The van der Waals surface area contributed by atoms with Crippen molar-refractivity contribution in [2.24, 2.45) is 5.41 Å². The number of hydrogen-bond acceptors (Lipinski definition) is 3. The molecular formula is C12H15NO4. The van der Waals surface area contributed by atoms with Crippen LogP contribution >= 0.6 is 0 Å². The van der Waals surface area contributed by atoms with Gasteiger partial charge in [-0.2, -0.15) is 0 Å². The van der Waals surface area contributed by atoms with Gasteiger partial charge in [0.25, 0.3) is 5.69 Å². The Balaban J connectivity index is 3.13. The zero-order chi connectivity index (χ0) is 13.2. The number of carboxylic acid groups (broad SMARTS) is 1. The molecule has 0 atom stereocenters. The number of carbonyl (C=O) groups is 1. The SMILES string of the molecule is Cc1c(CC(C)(C)C(=O)O)cccc1[N+](=O)[O-]. The monoisotopic (exact) mass is 237 g/mol. The van der Waals surface area contributed by atoms with Crippen LogP contribution in [-0.2, 0) is 11.2 Å². The number of nitro benzene ring substituents is 1. The smallest absolute Gasteiger partial charge is 0.309 e. The lowest BCUT2D eigenvalue weighted by Gasteiger charge is -2.20. The third-order valence-electron chi connectivity index (χ3n) is 2.83. The molecule has 17 heavy (non-hydrogen) atoms. The minimum absolute atomic E-state index is 0.0312. The summed E-state index contributed by atoms with van der Waals surface area (Å²) in [5.74, 6) is -0.914. The van der Waals surface area contributed by atoms with Crippen molar-refractivity contribution in [3.8, 4) is 0 Å². The molecule has 92 valence electrons. The number of rotatable bonds is 4. The van der Waals surface area contributed by atoms with Gasteiger partial charge in [0, 0.05) is 11.6 Å². The van der Waals surface area contributed by atoms with Gasteiger partial charge in [-0.3, -0.25) is 14.9 Å². The first kappa shape index (κ1) is 13.2. The lowest BCUT2D eigenvalue weighted by molar-refractivity contribution is -0.385. The van der Waals surface area contributed by atoms with E-state index in [1.807, 2.05) is 0 Å². The predicted octanol–water partition coefficient (Wildman–Crippen LogP) is 2.56. The van der Waals surface area contributed by atoms with Crippen molar-refractivity contribution in [3.63, 3.8) is 0 Å². The summed E-state index contributed by atoms with van der Waals surface area (Å²) in [7, 11) is 0. The van der Waals surface area contributed by atoms with Crippen LogP contribution in [-0.4, -0.2) is 16.0 Å². The molecule has 0 bridgehead atoms. The lowest BCUT2D eigenvalue weighted by Crippen LogP contribution is -2.26. The molecule has 5 heteroatoms. The predicted molar refractivity (Wildman–Crippen MR) is 63.0 cm³/mol. The molecule has 0 aliphatic rings. The molecule has 1 N–H and O–H groups in total. The minimum atomic E-state index is -0.931. The van der Waals surface area contributed by atoms with Crippen LogP contribution < -0.4 is 0 Å². The van der Waals surface area contributed by atoms with Gasteiger partial charge >= 0.3 is 5.97 Å². The molecule has 0 saturated carbocycles. The van der Waals surface area contributed by atoms with E-state index in [1.54, 1.807) is 32.9 Å². The van der Waals surface area contributed by atoms with E-state index in [0.717, 1.165) is 0 Å². The van der Waals surface area contributed by atoms with Crippen LogP contribution in [0.2, 0.25) is 0 Å². The highest BCUT2D eigenvalue weighted by molar-refractivity contribution is 5.74. The molecule has 1 aromatic rings. The van der Waals surface area contributed by atoms with Gasteiger partial charge in [-0.05, 0) is 32.8 Å². The molecule has 0 fully saturated rings. The van der Waals surface area contributed by atoms with Crippen molar-refractivity contribution in [2.75, 3.05) is 0 Å². The molecule has 1 aromatic carbocycles. The normalized spacial score (nSPS) is 11.2. The summed E-state index contributed by atoms with van der Waals surface area (Å²) in [4.78, 5) is 21.3. The largest absolute Gasteiger partial charge is 0.481 e. The van der Waals surface area contributed by atoms with Crippen LogP contribution in [0.4, 0.5) is 5.69 Å². The second-order valence-electron chi connectivity index (χ2n) is 4.68. The number of benzene rings is 1. The van der Waals surface area contributed by atoms with E-state index in [2.05, 4.69) is 0 Å². The van der Waals surface area contributed by atoms with Crippen LogP contribution in [0.3, 0.4) is 0 Å². The molecule has 1 rings (SSSR count). The Kier molecular flexibility index (Phi) is 3.50. The number of aliphatic carboxylic acids is 1. The van der Waals surface area contributed by atoms with Gasteiger partial charge in [-0.1, -0.05) is 12.1 Å². The molecule has 0 amide bonds. The van der Waals surface area contributed by atoms with Crippen LogP contribution in [0, 0.1) is 22.5 Å². The summed E-state index contributed by atoms with van der Waals surface area (Å²) in [6.07, 6.45) is 0.274. The topological polar surface area (TPSA) is 80.4 Å². The second-order valence-corrected chi connectivity index (χ2v) is 4.68. The van der Waals surface area contributed by atoms with E-state index in [9.17, 15) is 14.9 Å². The highest BCUT2D eigenvalue weighted by Crippen LogP contribution is 2.28.